The third kappa shape index (κ3) is 4.09. The number of imidazole rings is 1. The number of amides is 2. The van der Waals surface area contributed by atoms with Crippen molar-refractivity contribution in [3.05, 3.63) is 78.8 Å². The SMILES string of the molecule is C=CC(=O)N1CCC(C2CCn3c2nc(-c2ccc(Oc4ccccc4)cc2)c3C(N)=O)CC1. The molecule has 0 spiro atoms. The maximum Gasteiger partial charge on any atom is 0.267 e. The van der Waals surface area contributed by atoms with Gasteiger partial charge in [0.25, 0.3) is 5.91 Å². The Labute approximate surface area is 198 Å². The molecule has 2 aliphatic rings. The molecule has 3 heterocycles. The molecule has 2 amide bonds. The molecule has 0 saturated carbocycles. The normalized spacial score (nSPS) is 17.9. The molecule has 1 unspecified atom stereocenters. The lowest BCUT2D eigenvalue weighted by Crippen LogP contribution is -2.38. The van der Waals surface area contributed by atoms with Gasteiger partial charge in [0.05, 0.1) is 0 Å². The third-order valence-electron chi connectivity index (χ3n) is 6.93. The molecule has 2 aromatic carbocycles. The number of aromatic nitrogens is 2. The Morgan fingerprint density at radius 1 is 0.971 bits per heavy atom. The highest BCUT2D eigenvalue weighted by Crippen LogP contribution is 2.42. The van der Waals surface area contributed by atoms with Gasteiger partial charge in [0, 0.05) is 31.1 Å². The van der Waals surface area contributed by atoms with Crippen molar-refractivity contribution in [1.29, 1.82) is 0 Å². The molecule has 7 nitrogen and oxygen atoms in total. The average molecular weight is 457 g/mol. The first kappa shape index (κ1) is 21.9. The standard InChI is InChI=1S/C27H28N4O3/c1-2-23(32)30-15-12-18(13-16-30)22-14-17-31-25(26(28)33)24(29-27(22)31)19-8-10-21(11-9-19)34-20-6-4-3-5-7-20/h2-11,18,22H,1,12-17H2,(H2,28,33). The fourth-order valence-electron chi connectivity index (χ4n) is 5.23. The third-order valence-corrected chi connectivity index (χ3v) is 6.93. The molecule has 0 radical (unpaired) electrons. The van der Waals surface area contributed by atoms with Crippen molar-refractivity contribution in [1.82, 2.24) is 14.5 Å². The van der Waals surface area contributed by atoms with E-state index in [1.54, 1.807) is 0 Å². The van der Waals surface area contributed by atoms with Crippen LogP contribution >= 0.6 is 0 Å². The van der Waals surface area contributed by atoms with Crippen molar-refractivity contribution in [2.75, 3.05) is 13.1 Å². The minimum atomic E-state index is -0.467. The molecular formula is C27H28N4O3. The zero-order valence-corrected chi connectivity index (χ0v) is 19.0. The number of nitrogens with two attached hydrogens (primary N) is 1. The number of likely N-dealkylation sites (tertiary alicyclic amines) is 1. The van der Waals surface area contributed by atoms with E-state index < -0.39 is 5.91 Å². The molecule has 2 aliphatic heterocycles. The van der Waals surface area contributed by atoms with Crippen LogP contribution < -0.4 is 10.5 Å². The molecule has 2 N–H and O–H groups in total. The van der Waals surface area contributed by atoms with Crippen LogP contribution in [0.3, 0.4) is 0 Å². The summed E-state index contributed by atoms with van der Waals surface area (Å²) in [6.07, 6.45) is 4.16. The smallest absolute Gasteiger partial charge is 0.267 e. The summed E-state index contributed by atoms with van der Waals surface area (Å²) in [5.41, 5.74) is 7.74. The van der Waals surface area contributed by atoms with Crippen molar-refractivity contribution in [3.8, 4) is 22.8 Å². The quantitative estimate of drug-likeness (QED) is 0.558. The second-order valence-electron chi connectivity index (χ2n) is 8.88. The van der Waals surface area contributed by atoms with E-state index in [2.05, 4.69) is 6.58 Å². The van der Waals surface area contributed by atoms with Crippen molar-refractivity contribution in [2.45, 2.75) is 31.7 Å². The summed E-state index contributed by atoms with van der Waals surface area (Å²) >= 11 is 0. The summed E-state index contributed by atoms with van der Waals surface area (Å²) in [5.74, 6) is 2.61. The maximum absolute atomic E-state index is 12.4. The Balaban J connectivity index is 1.38. The van der Waals surface area contributed by atoms with Crippen LogP contribution in [-0.2, 0) is 11.3 Å². The maximum atomic E-state index is 12.4. The molecule has 3 aromatic rings. The van der Waals surface area contributed by atoms with E-state index >= 15 is 0 Å². The summed E-state index contributed by atoms with van der Waals surface area (Å²) in [5, 5.41) is 0. The summed E-state index contributed by atoms with van der Waals surface area (Å²) < 4.78 is 7.88. The highest BCUT2D eigenvalue weighted by atomic mass is 16.5. The second-order valence-corrected chi connectivity index (χ2v) is 8.88. The van der Waals surface area contributed by atoms with E-state index in [-0.39, 0.29) is 11.8 Å². The number of benzene rings is 2. The van der Waals surface area contributed by atoms with Crippen LogP contribution in [0, 0.1) is 5.92 Å². The zero-order chi connectivity index (χ0) is 23.7. The van der Waals surface area contributed by atoms with E-state index in [0.29, 0.717) is 23.1 Å². The predicted molar refractivity (Wildman–Crippen MR) is 130 cm³/mol. The number of hydrogen-bond donors (Lipinski definition) is 1. The van der Waals surface area contributed by atoms with Gasteiger partial charge >= 0.3 is 0 Å². The molecule has 0 bridgehead atoms. The van der Waals surface area contributed by atoms with E-state index in [1.165, 1.54) is 6.08 Å². The van der Waals surface area contributed by atoms with Crippen molar-refractivity contribution < 1.29 is 14.3 Å². The Bertz CT molecular complexity index is 1210. The van der Waals surface area contributed by atoms with Crippen molar-refractivity contribution in [3.63, 3.8) is 0 Å². The minimum Gasteiger partial charge on any atom is -0.457 e. The largest absolute Gasteiger partial charge is 0.457 e. The van der Waals surface area contributed by atoms with Gasteiger partial charge in [0.15, 0.2) is 0 Å². The number of hydrogen-bond acceptors (Lipinski definition) is 4. The fraction of sp³-hybridized carbons (Fsp3) is 0.296. The number of nitrogens with zero attached hydrogens (tertiary/aromatic N) is 3. The number of rotatable bonds is 6. The number of para-hydroxylation sites is 1. The molecule has 7 heteroatoms. The lowest BCUT2D eigenvalue weighted by molar-refractivity contribution is -0.127. The Morgan fingerprint density at radius 3 is 2.29 bits per heavy atom. The van der Waals surface area contributed by atoms with Gasteiger partial charge in [-0.3, -0.25) is 9.59 Å². The summed E-state index contributed by atoms with van der Waals surface area (Å²) in [6, 6.07) is 17.2. The van der Waals surface area contributed by atoms with E-state index in [1.807, 2.05) is 64.1 Å². The Kier molecular flexibility index (Phi) is 5.92. The fourth-order valence-corrected chi connectivity index (χ4v) is 5.23. The summed E-state index contributed by atoms with van der Waals surface area (Å²) in [6.45, 7) is 5.77. The first-order valence-electron chi connectivity index (χ1n) is 11.7. The predicted octanol–water partition coefficient (Wildman–Crippen LogP) is 4.35. The highest BCUT2D eigenvalue weighted by Gasteiger charge is 2.37. The van der Waals surface area contributed by atoms with Gasteiger partial charge in [0.1, 0.15) is 28.7 Å². The van der Waals surface area contributed by atoms with E-state index in [4.69, 9.17) is 15.5 Å². The van der Waals surface area contributed by atoms with Crippen LogP contribution in [0.2, 0.25) is 0 Å². The zero-order valence-electron chi connectivity index (χ0n) is 19.0. The number of carbonyl (C=O) groups is 2. The van der Waals surface area contributed by atoms with Crippen molar-refractivity contribution in [2.24, 2.45) is 11.7 Å². The highest BCUT2D eigenvalue weighted by molar-refractivity contribution is 5.97. The van der Waals surface area contributed by atoms with Crippen LogP contribution in [-0.4, -0.2) is 39.4 Å². The molecule has 174 valence electrons. The van der Waals surface area contributed by atoms with Crippen LogP contribution in [0.4, 0.5) is 0 Å². The Morgan fingerprint density at radius 2 is 1.65 bits per heavy atom. The topological polar surface area (TPSA) is 90.4 Å². The molecule has 1 aromatic heterocycles. The first-order valence-corrected chi connectivity index (χ1v) is 11.7. The molecule has 1 saturated heterocycles. The summed E-state index contributed by atoms with van der Waals surface area (Å²) in [7, 11) is 0. The minimum absolute atomic E-state index is 0.00985. The molecule has 5 rings (SSSR count). The second kappa shape index (κ2) is 9.17. The van der Waals surface area contributed by atoms with Gasteiger partial charge in [-0.15, -0.1) is 0 Å². The number of carbonyl (C=O) groups excluding carboxylic acids is 2. The number of piperidine rings is 1. The van der Waals surface area contributed by atoms with E-state index in [9.17, 15) is 9.59 Å². The van der Waals surface area contributed by atoms with Gasteiger partial charge in [-0.05, 0) is 67.7 Å². The van der Waals surface area contributed by atoms with Gasteiger partial charge < -0.3 is 19.9 Å². The van der Waals surface area contributed by atoms with Crippen LogP contribution in [0.1, 0.15) is 41.5 Å². The Hall–Kier alpha value is -3.87. The monoisotopic (exact) mass is 456 g/mol. The summed E-state index contributed by atoms with van der Waals surface area (Å²) in [4.78, 5) is 31.2. The van der Waals surface area contributed by atoms with Crippen molar-refractivity contribution >= 4 is 11.8 Å². The van der Waals surface area contributed by atoms with Crippen LogP contribution in [0.5, 0.6) is 11.5 Å². The number of ether oxygens (including phenoxy) is 1. The van der Waals surface area contributed by atoms with Gasteiger partial charge in [0.2, 0.25) is 5.91 Å². The number of fused-ring (bicyclic) bond motifs is 1. The molecule has 1 fully saturated rings. The molecule has 1 atom stereocenters. The van der Waals surface area contributed by atoms with Crippen LogP contribution in [0.15, 0.2) is 67.3 Å². The first-order chi connectivity index (χ1) is 16.5. The average Bonchev–Trinajstić information content (AvgIpc) is 3.44. The lowest BCUT2D eigenvalue weighted by atomic mass is 9.83. The van der Waals surface area contributed by atoms with Crippen LogP contribution in [0.25, 0.3) is 11.3 Å². The lowest BCUT2D eigenvalue weighted by Gasteiger charge is -2.33. The van der Waals surface area contributed by atoms with E-state index in [0.717, 1.165) is 56.0 Å². The number of primary amides is 1. The molecule has 34 heavy (non-hydrogen) atoms. The van der Waals surface area contributed by atoms with Gasteiger partial charge in [-0.2, -0.15) is 0 Å². The molecular weight excluding hydrogens is 428 g/mol. The van der Waals surface area contributed by atoms with Gasteiger partial charge in [-0.25, -0.2) is 4.98 Å². The molecule has 0 aliphatic carbocycles. The van der Waals surface area contributed by atoms with Gasteiger partial charge in [-0.1, -0.05) is 24.8 Å².